The molecule has 0 atom stereocenters. The number of hydrogen-bond acceptors (Lipinski definition) is 6. The number of aliphatic hydroxyl groups excluding tert-OH is 1. The zero-order valence-corrected chi connectivity index (χ0v) is 14.1. The quantitative estimate of drug-likeness (QED) is 0.567. The number of fused-ring (bicyclic) bond motifs is 1. The lowest BCUT2D eigenvalue weighted by atomic mass is 9.90. The van der Waals surface area contributed by atoms with Crippen LogP contribution in [0.1, 0.15) is 0 Å². The molecule has 0 amide bonds. The zero-order chi connectivity index (χ0) is 15.7. The molecule has 4 rings (SSSR count). The summed E-state index contributed by atoms with van der Waals surface area (Å²) in [6, 6.07) is 12.5. The highest BCUT2D eigenvalue weighted by atomic mass is 32.2. The molecule has 0 saturated carbocycles. The Bertz CT molecular complexity index is 810. The summed E-state index contributed by atoms with van der Waals surface area (Å²) >= 11 is 3.37. The summed E-state index contributed by atoms with van der Waals surface area (Å²) in [6.45, 7) is 1.42. The summed E-state index contributed by atoms with van der Waals surface area (Å²) < 4.78 is 5.26. The Labute approximate surface area is 142 Å². The molecule has 2 aromatic heterocycles. The molecule has 1 aliphatic heterocycles. The largest absolute Gasteiger partial charge is 0.396 e. The van der Waals surface area contributed by atoms with E-state index in [0.29, 0.717) is 13.2 Å². The Balaban J connectivity index is 1.64. The predicted molar refractivity (Wildman–Crippen MR) is 93.9 cm³/mol. The predicted octanol–water partition coefficient (Wildman–Crippen LogP) is 3.46. The summed E-state index contributed by atoms with van der Waals surface area (Å²) in [6.07, 6.45) is 1.62. The summed E-state index contributed by atoms with van der Waals surface area (Å²) in [5.74, 6) is 0.812. The first-order valence-corrected chi connectivity index (χ1v) is 9.21. The van der Waals surface area contributed by atoms with Crippen LogP contribution < -0.4 is 0 Å². The van der Waals surface area contributed by atoms with E-state index in [1.807, 2.05) is 18.2 Å². The second kappa shape index (κ2) is 6.20. The van der Waals surface area contributed by atoms with Gasteiger partial charge in [-0.2, -0.15) is 0 Å². The monoisotopic (exact) mass is 344 g/mol. The first-order valence-electron chi connectivity index (χ1n) is 7.41. The van der Waals surface area contributed by atoms with Crippen molar-refractivity contribution in [2.45, 2.75) is 5.03 Å². The summed E-state index contributed by atoms with van der Waals surface area (Å²) in [7, 11) is 0. The van der Waals surface area contributed by atoms with Crippen molar-refractivity contribution < 1.29 is 9.84 Å². The number of aliphatic hydroxyl groups is 1. The fourth-order valence-corrected chi connectivity index (χ4v) is 4.73. The molecule has 3 aromatic rings. The van der Waals surface area contributed by atoms with Crippen LogP contribution in [0.3, 0.4) is 0 Å². The third-order valence-electron chi connectivity index (χ3n) is 4.02. The molecule has 0 bridgehead atoms. The van der Waals surface area contributed by atoms with E-state index in [0.717, 1.165) is 21.0 Å². The maximum atomic E-state index is 9.56. The molecule has 0 unspecified atom stereocenters. The van der Waals surface area contributed by atoms with Crippen molar-refractivity contribution in [3.63, 3.8) is 0 Å². The van der Waals surface area contributed by atoms with E-state index in [1.54, 1.807) is 29.4 Å². The highest BCUT2D eigenvalue weighted by Gasteiger charge is 2.38. The Morgan fingerprint density at radius 2 is 2.04 bits per heavy atom. The van der Waals surface area contributed by atoms with Crippen LogP contribution in [-0.4, -0.2) is 40.6 Å². The number of benzene rings is 1. The van der Waals surface area contributed by atoms with Crippen LogP contribution in [0.2, 0.25) is 0 Å². The smallest absolute Gasteiger partial charge is 0.128 e. The van der Waals surface area contributed by atoms with E-state index in [2.05, 4.69) is 28.2 Å². The molecule has 23 heavy (non-hydrogen) atoms. The molecule has 3 heterocycles. The Hall–Kier alpha value is -1.47. The van der Waals surface area contributed by atoms with Crippen molar-refractivity contribution in [3.8, 4) is 10.4 Å². The fourth-order valence-electron chi connectivity index (χ4n) is 2.53. The van der Waals surface area contributed by atoms with Gasteiger partial charge in [-0.15, -0.1) is 23.1 Å². The van der Waals surface area contributed by atoms with Crippen LogP contribution in [-0.2, 0) is 4.74 Å². The van der Waals surface area contributed by atoms with E-state index in [-0.39, 0.29) is 12.0 Å². The Morgan fingerprint density at radius 3 is 2.74 bits per heavy atom. The summed E-state index contributed by atoms with van der Waals surface area (Å²) in [5, 5.41) is 11.6. The van der Waals surface area contributed by atoms with Gasteiger partial charge in [0.15, 0.2) is 0 Å². The average Bonchev–Trinajstić information content (AvgIpc) is 3.00. The van der Waals surface area contributed by atoms with Gasteiger partial charge >= 0.3 is 0 Å². The second-order valence-electron chi connectivity index (χ2n) is 5.81. The van der Waals surface area contributed by atoms with Crippen molar-refractivity contribution in [1.29, 1.82) is 0 Å². The number of thiophene rings is 1. The van der Waals surface area contributed by atoms with Crippen molar-refractivity contribution in [2.24, 2.45) is 5.41 Å². The van der Waals surface area contributed by atoms with E-state index in [1.165, 1.54) is 10.4 Å². The second-order valence-corrected chi connectivity index (χ2v) is 7.81. The van der Waals surface area contributed by atoms with Gasteiger partial charge < -0.3 is 9.84 Å². The van der Waals surface area contributed by atoms with E-state index < -0.39 is 0 Å². The number of ether oxygens (including phenoxy) is 1. The van der Waals surface area contributed by atoms with Crippen LogP contribution in [0.5, 0.6) is 0 Å². The minimum Gasteiger partial charge on any atom is -0.396 e. The number of hydrogen-bond donors (Lipinski definition) is 1. The minimum atomic E-state index is -0.111. The van der Waals surface area contributed by atoms with Gasteiger partial charge in [0.1, 0.15) is 16.2 Å². The number of thioether (sulfide) groups is 1. The molecule has 0 spiro atoms. The molecule has 1 fully saturated rings. The maximum Gasteiger partial charge on any atom is 0.128 e. The van der Waals surface area contributed by atoms with Gasteiger partial charge in [0.05, 0.1) is 19.8 Å². The maximum absolute atomic E-state index is 9.56. The van der Waals surface area contributed by atoms with Gasteiger partial charge in [-0.25, -0.2) is 9.97 Å². The first-order chi connectivity index (χ1) is 11.3. The molecule has 6 heteroatoms. The molecule has 1 saturated heterocycles. The number of nitrogens with zero attached hydrogens (tertiary/aromatic N) is 2. The average molecular weight is 344 g/mol. The van der Waals surface area contributed by atoms with Crippen LogP contribution >= 0.6 is 23.1 Å². The molecule has 1 N–H and O–H groups in total. The van der Waals surface area contributed by atoms with Crippen LogP contribution in [0.15, 0.2) is 47.8 Å². The molecular weight excluding hydrogens is 328 g/mol. The zero-order valence-electron chi connectivity index (χ0n) is 12.4. The Morgan fingerprint density at radius 1 is 1.22 bits per heavy atom. The van der Waals surface area contributed by atoms with Crippen molar-refractivity contribution in [1.82, 2.24) is 9.97 Å². The molecule has 0 aliphatic carbocycles. The summed E-state index contributed by atoms with van der Waals surface area (Å²) in [5.41, 5.74) is 1.09. The van der Waals surface area contributed by atoms with E-state index in [9.17, 15) is 5.11 Å². The van der Waals surface area contributed by atoms with Crippen LogP contribution in [0.25, 0.3) is 20.7 Å². The van der Waals surface area contributed by atoms with Crippen molar-refractivity contribution in [2.75, 3.05) is 25.6 Å². The molecule has 118 valence electrons. The summed E-state index contributed by atoms with van der Waals surface area (Å²) in [4.78, 5) is 11.1. The highest BCUT2D eigenvalue weighted by molar-refractivity contribution is 7.99. The minimum absolute atomic E-state index is 0.111. The molecule has 0 radical (unpaired) electrons. The lowest BCUT2D eigenvalue weighted by Crippen LogP contribution is -2.47. The normalized spacial score (nSPS) is 16.4. The van der Waals surface area contributed by atoms with Gasteiger partial charge in [0.25, 0.3) is 0 Å². The molecular formula is C17H16N2O2S2. The third-order valence-corrected chi connectivity index (χ3v) is 6.47. The van der Waals surface area contributed by atoms with Crippen LogP contribution in [0, 0.1) is 5.41 Å². The van der Waals surface area contributed by atoms with Gasteiger partial charge in [-0.05, 0) is 11.6 Å². The molecule has 1 aliphatic rings. The molecule has 4 nitrogen and oxygen atoms in total. The third kappa shape index (κ3) is 2.87. The van der Waals surface area contributed by atoms with Gasteiger partial charge in [-0.3, -0.25) is 0 Å². The topological polar surface area (TPSA) is 55.2 Å². The van der Waals surface area contributed by atoms with Crippen molar-refractivity contribution >= 4 is 33.3 Å². The Kier molecular flexibility index (Phi) is 4.07. The highest BCUT2D eigenvalue weighted by Crippen LogP contribution is 2.39. The van der Waals surface area contributed by atoms with Gasteiger partial charge in [0, 0.05) is 21.4 Å². The molecule has 1 aromatic carbocycles. The van der Waals surface area contributed by atoms with Crippen molar-refractivity contribution in [3.05, 3.63) is 42.7 Å². The standard InChI is InChI=1S/C17H16N2O2S2/c20-7-17(8-21-9-17)10-22-15-13-6-14(12-4-2-1-3-5-12)23-16(13)19-11-18-15/h1-6,11,20H,7-10H2. The van der Waals surface area contributed by atoms with E-state index in [4.69, 9.17) is 4.74 Å². The number of rotatable bonds is 5. The van der Waals surface area contributed by atoms with Gasteiger partial charge in [-0.1, -0.05) is 30.3 Å². The van der Waals surface area contributed by atoms with Gasteiger partial charge in [0.2, 0.25) is 0 Å². The first kappa shape index (κ1) is 15.1. The lowest BCUT2D eigenvalue weighted by Gasteiger charge is -2.39. The lowest BCUT2D eigenvalue weighted by molar-refractivity contribution is -0.121. The van der Waals surface area contributed by atoms with Crippen LogP contribution in [0.4, 0.5) is 0 Å². The van der Waals surface area contributed by atoms with E-state index >= 15 is 0 Å². The SMILES string of the molecule is OCC1(CSc2ncnc3sc(-c4ccccc4)cc23)COC1. The fraction of sp³-hybridized carbons (Fsp3) is 0.294. The number of aromatic nitrogens is 2.